The van der Waals surface area contributed by atoms with Gasteiger partial charge in [0.25, 0.3) is 11.8 Å². The lowest BCUT2D eigenvalue weighted by molar-refractivity contribution is -0.142. The molecule has 0 saturated heterocycles. The number of rotatable bonds is 8. The first-order valence-corrected chi connectivity index (χ1v) is 10.9. The van der Waals surface area contributed by atoms with Gasteiger partial charge in [-0.25, -0.2) is 4.90 Å². The van der Waals surface area contributed by atoms with Crippen LogP contribution in [0.1, 0.15) is 44.3 Å². The second-order valence-corrected chi connectivity index (χ2v) is 7.94. The van der Waals surface area contributed by atoms with E-state index in [0.29, 0.717) is 24.5 Å². The van der Waals surface area contributed by atoms with Gasteiger partial charge in [-0.05, 0) is 41.8 Å². The molecule has 0 saturated carbocycles. The van der Waals surface area contributed by atoms with Crippen LogP contribution in [0.4, 0.5) is 5.69 Å². The van der Waals surface area contributed by atoms with Gasteiger partial charge in [0, 0.05) is 0 Å². The van der Waals surface area contributed by atoms with Crippen LogP contribution in [0.15, 0.2) is 66.7 Å². The fourth-order valence-corrected chi connectivity index (χ4v) is 3.98. The van der Waals surface area contributed by atoms with E-state index < -0.39 is 11.8 Å². The lowest BCUT2D eigenvalue weighted by Gasteiger charge is -2.14. The van der Waals surface area contributed by atoms with Crippen molar-refractivity contribution in [2.45, 2.75) is 26.6 Å². The highest BCUT2D eigenvalue weighted by atomic mass is 35.5. The molecule has 168 valence electrons. The Morgan fingerprint density at radius 1 is 0.848 bits per heavy atom. The van der Waals surface area contributed by atoms with E-state index in [0.717, 1.165) is 16.0 Å². The van der Waals surface area contributed by atoms with Crippen LogP contribution in [0.5, 0.6) is 0 Å². The molecule has 0 radical (unpaired) electrons. The molecule has 0 unspecified atom stereocenters. The number of fused-ring (bicyclic) bond motifs is 1. The van der Waals surface area contributed by atoms with Crippen molar-refractivity contribution in [2.24, 2.45) is 0 Å². The monoisotopic (exact) mass is 463 g/mol. The first-order chi connectivity index (χ1) is 16.0. The van der Waals surface area contributed by atoms with Gasteiger partial charge in [0.15, 0.2) is 0 Å². The summed E-state index contributed by atoms with van der Waals surface area (Å²) in [5, 5.41) is 0.219. The minimum absolute atomic E-state index is 0.116. The van der Waals surface area contributed by atoms with Crippen LogP contribution >= 0.6 is 11.6 Å². The summed E-state index contributed by atoms with van der Waals surface area (Å²) in [5.74, 6) is -1.27. The molecule has 0 fully saturated rings. The molecule has 7 heteroatoms. The van der Waals surface area contributed by atoms with Gasteiger partial charge in [-0.1, -0.05) is 60.1 Å². The molecule has 0 N–H and O–H groups in total. The summed E-state index contributed by atoms with van der Waals surface area (Å²) >= 11 is 6.30. The molecule has 6 nitrogen and oxygen atoms in total. The van der Waals surface area contributed by atoms with Crippen molar-refractivity contribution in [2.75, 3.05) is 11.5 Å². The predicted molar refractivity (Wildman–Crippen MR) is 124 cm³/mol. The largest absolute Gasteiger partial charge is 0.466 e. The van der Waals surface area contributed by atoms with Crippen molar-refractivity contribution < 1.29 is 23.9 Å². The van der Waals surface area contributed by atoms with Crippen LogP contribution in [0.3, 0.4) is 0 Å². The summed E-state index contributed by atoms with van der Waals surface area (Å²) in [5.41, 5.74) is 3.18. The smallest absolute Gasteiger partial charge is 0.310 e. The minimum Gasteiger partial charge on any atom is -0.466 e. The maximum atomic E-state index is 13.3. The maximum Gasteiger partial charge on any atom is 0.310 e. The number of halogens is 1. The first-order valence-electron chi connectivity index (χ1n) is 10.6. The number of hydrogen-bond donors (Lipinski definition) is 0. The van der Waals surface area contributed by atoms with Crippen LogP contribution in [0.25, 0.3) is 0 Å². The molecule has 1 aliphatic rings. The van der Waals surface area contributed by atoms with Gasteiger partial charge in [-0.2, -0.15) is 0 Å². The van der Waals surface area contributed by atoms with Crippen molar-refractivity contribution in [3.05, 3.63) is 99.6 Å². The molecule has 0 aliphatic carbocycles. The Hall–Kier alpha value is -3.48. The Kier molecular flexibility index (Phi) is 6.87. The number of carbonyl (C=O) groups is 3. The number of amides is 2. The number of imide groups is 1. The summed E-state index contributed by atoms with van der Waals surface area (Å²) in [7, 11) is 0. The molecule has 0 aromatic heterocycles. The summed E-state index contributed by atoms with van der Waals surface area (Å²) in [6, 6.07) is 19.7. The molecule has 2 amide bonds. The van der Waals surface area contributed by atoms with Gasteiger partial charge in [-0.15, -0.1) is 0 Å². The predicted octanol–water partition coefficient (Wildman–Crippen LogP) is 4.96. The van der Waals surface area contributed by atoms with Crippen molar-refractivity contribution in [3.63, 3.8) is 0 Å². The van der Waals surface area contributed by atoms with Crippen LogP contribution in [-0.2, 0) is 33.9 Å². The normalized spacial score (nSPS) is 12.7. The van der Waals surface area contributed by atoms with E-state index in [1.165, 1.54) is 0 Å². The molecule has 3 aromatic rings. The quantitative estimate of drug-likeness (QED) is 0.348. The lowest BCUT2D eigenvalue weighted by Crippen LogP contribution is -2.29. The molecule has 0 atom stereocenters. The van der Waals surface area contributed by atoms with E-state index in [4.69, 9.17) is 21.1 Å². The third-order valence-electron chi connectivity index (χ3n) is 5.29. The zero-order chi connectivity index (χ0) is 23.4. The van der Waals surface area contributed by atoms with Crippen LogP contribution < -0.4 is 4.90 Å². The Balaban J connectivity index is 1.54. The highest BCUT2D eigenvalue weighted by Crippen LogP contribution is 2.35. The fraction of sp³-hybridized carbons (Fsp3) is 0.192. The number of anilines is 1. The molecule has 33 heavy (non-hydrogen) atoms. The summed E-state index contributed by atoms with van der Waals surface area (Å²) in [6.07, 6.45) is 0.116. The molecule has 1 heterocycles. The van der Waals surface area contributed by atoms with E-state index in [1.807, 2.05) is 30.3 Å². The molecular formula is C26H22ClNO5. The van der Waals surface area contributed by atoms with Gasteiger partial charge in [-0.3, -0.25) is 14.4 Å². The second kappa shape index (κ2) is 9.98. The Morgan fingerprint density at radius 2 is 1.55 bits per heavy atom. The molecular weight excluding hydrogens is 442 g/mol. The van der Waals surface area contributed by atoms with E-state index >= 15 is 0 Å². The van der Waals surface area contributed by atoms with Crippen molar-refractivity contribution in [1.82, 2.24) is 0 Å². The summed E-state index contributed by atoms with van der Waals surface area (Å²) in [6.45, 7) is 2.60. The average molecular weight is 464 g/mol. The maximum absolute atomic E-state index is 13.3. The lowest BCUT2D eigenvalue weighted by atomic mass is 10.0. The SMILES string of the molecule is CCOC(=O)Cc1ccc(N2C(=O)c3c(Cl)ccc(COCc4ccccc4)c3C2=O)cc1. The third kappa shape index (κ3) is 4.82. The highest BCUT2D eigenvalue weighted by Gasteiger charge is 2.40. The zero-order valence-electron chi connectivity index (χ0n) is 18.0. The average Bonchev–Trinajstić information content (AvgIpc) is 3.08. The third-order valence-corrected chi connectivity index (χ3v) is 5.61. The number of esters is 1. The van der Waals surface area contributed by atoms with Gasteiger partial charge in [0.05, 0.1) is 48.1 Å². The first kappa shape index (κ1) is 22.7. The summed E-state index contributed by atoms with van der Waals surface area (Å²) < 4.78 is 10.8. The van der Waals surface area contributed by atoms with E-state index in [1.54, 1.807) is 43.3 Å². The Morgan fingerprint density at radius 3 is 2.24 bits per heavy atom. The fourth-order valence-electron chi connectivity index (χ4n) is 3.74. The van der Waals surface area contributed by atoms with Gasteiger partial charge >= 0.3 is 5.97 Å². The number of benzene rings is 3. The van der Waals surface area contributed by atoms with E-state index in [9.17, 15) is 14.4 Å². The van der Waals surface area contributed by atoms with Crippen LogP contribution in [0.2, 0.25) is 5.02 Å². The van der Waals surface area contributed by atoms with Crippen molar-refractivity contribution in [1.29, 1.82) is 0 Å². The van der Waals surface area contributed by atoms with Crippen molar-refractivity contribution >= 4 is 35.1 Å². The standard InChI is InChI=1S/C26H22ClNO5/c1-2-33-22(29)14-17-8-11-20(12-9-17)28-25(30)23-19(10-13-21(27)24(23)26(28)31)16-32-15-18-6-4-3-5-7-18/h3-13H,2,14-16H2,1H3. The molecule has 0 bridgehead atoms. The number of nitrogens with zero attached hydrogens (tertiary/aromatic N) is 1. The topological polar surface area (TPSA) is 72.9 Å². The zero-order valence-corrected chi connectivity index (χ0v) is 18.8. The number of ether oxygens (including phenoxy) is 2. The summed E-state index contributed by atoms with van der Waals surface area (Å²) in [4.78, 5) is 39.2. The van der Waals surface area contributed by atoms with Gasteiger partial charge < -0.3 is 9.47 Å². The second-order valence-electron chi connectivity index (χ2n) is 7.53. The van der Waals surface area contributed by atoms with E-state index in [2.05, 4.69) is 0 Å². The molecule has 1 aliphatic heterocycles. The Bertz CT molecular complexity index is 1190. The van der Waals surface area contributed by atoms with E-state index in [-0.39, 0.29) is 35.1 Å². The van der Waals surface area contributed by atoms with Gasteiger partial charge in [0.1, 0.15) is 0 Å². The van der Waals surface area contributed by atoms with Crippen molar-refractivity contribution in [3.8, 4) is 0 Å². The van der Waals surface area contributed by atoms with Crippen LogP contribution in [0, 0.1) is 0 Å². The Labute approximate surface area is 196 Å². The number of carbonyl (C=O) groups excluding carboxylic acids is 3. The molecule has 0 spiro atoms. The minimum atomic E-state index is -0.483. The molecule has 4 rings (SSSR count). The van der Waals surface area contributed by atoms with Gasteiger partial charge in [0.2, 0.25) is 0 Å². The number of hydrogen-bond acceptors (Lipinski definition) is 5. The van der Waals surface area contributed by atoms with Crippen LogP contribution in [-0.4, -0.2) is 24.4 Å². The highest BCUT2D eigenvalue weighted by molar-refractivity contribution is 6.42. The molecule has 3 aromatic carbocycles.